The molecule has 0 bridgehead atoms. The summed E-state index contributed by atoms with van der Waals surface area (Å²) in [5.41, 5.74) is 2.42. The zero-order chi connectivity index (χ0) is 15.6. The summed E-state index contributed by atoms with van der Waals surface area (Å²) in [6, 6.07) is 6.03. The van der Waals surface area contributed by atoms with Crippen molar-refractivity contribution in [3.05, 3.63) is 23.8 Å². The highest BCUT2D eigenvalue weighted by atomic mass is 16.5. The lowest BCUT2D eigenvalue weighted by Gasteiger charge is -2.40. The molecule has 1 aromatic rings. The summed E-state index contributed by atoms with van der Waals surface area (Å²) in [5.74, 6) is 1.55. The van der Waals surface area contributed by atoms with E-state index in [4.69, 9.17) is 4.74 Å². The van der Waals surface area contributed by atoms with Crippen molar-refractivity contribution in [3.63, 3.8) is 0 Å². The SMILES string of the molecule is COc1cccc(N2CCC(C(C)(C)C)CC2)c1[C@H](C)O. The number of ether oxygens (including phenoxy) is 1. The minimum Gasteiger partial charge on any atom is -0.496 e. The number of nitrogens with zero attached hydrogens (tertiary/aromatic N) is 1. The van der Waals surface area contributed by atoms with E-state index < -0.39 is 6.10 Å². The highest BCUT2D eigenvalue weighted by Crippen LogP contribution is 2.39. The fourth-order valence-electron chi connectivity index (χ4n) is 3.39. The average Bonchev–Trinajstić information content (AvgIpc) is 2.45. The third-order valence-corrected chi connectivity index (χ3v) is 4.74. The van der Waals surface area contributed by atoms with Gasteiger partial charge in [0.2, 0.25) is 0 Å². The van der Waals surface area contributed by atoms with Gasteiger partial charge in [-0.25, -0.2) is 0 Å². The van der Waals surface area contributed by atoms with Crippen LogP contribution in [0.2, 0.25) is 0 Å². The molecule has 1 aliphatic heterocycles. The molecule has 0 radical (unpaired) electrons. The van der Waals surface area contributed by atoms with Crippen molar-refractivity contribution in [1.29, 1.82) is 0 Å². The van der Waals surface area contributed by atoms with Crippen LogP contribution in [0.15, 0.2) is 18.2 Å². The highest BCUT2D eigenvalue weighted by molar-refractivity contribution is 5.60. The van der Waals surface area contributed by atoms with E-state index in [-0.39, 0.29) is 0 Å². The van der Waals surface area contributed by atoms with Crippen molar-refractivity contribution >= 4 is 5.69 Å². The zero-order valence-electron chi connectivity index (χ0n) is 14.0. The Balaban J connectivity index is 2.21. The van der Waals surface area contributed by atoms with Crippen molar-refractivity contribution in [3.8, 4) is 5.75 Å². The molecule has 0 saturated carbocycles. The maximum atomic E-state index is 10.1. The summed E-state index contributed by atoms with van der Waals surface area (Å²) < 4.78 is 5.43. The van der Waals surface area contributed by atoms with Crippen LogP contribution in [0.3, 0.4) is 0 Å². The van der Waals surface area contributed by atoms with Crippen molar-refractivity contribution < 1.29 is 9.84 Å². The third kappa shape index (κ3) is 3.52. The molecule has 1 saturated heterocycles. The minimum atomic E-state index is -0.517. The van der Waals surface area contributed by atoms with E-state index in [1.165, 1.54) is 12.8 Å². The summed E-state index contributed by atoms with van der Waals surface area (Å²) in [6.45, 7) is 10.9. The van der Waals surface area contributed by atoms with Crippen LogP contribution in [0, 0.1) is 11.3 Å². The first-order valence-electron chi connectivity index (χ1n) is 7.94. The normalized spacial score (nSPS) is 18.7. The number of anilines is 1. The van der Waals surface area contributed by atoms with Crippen LogP contribution < -0.4 is 9.64 Å². The molecule has 1 atom stereocenters. The molecule has 3 heteroatoms. The Morgan fingerprint density at radius 1 is 1.24 bits per heavy atom. The van der Waals surface area contributed by atoms with Gasteiger partial charge in [-0.1, -0.05) is 26.8 Å². The van der Waals surface area contributed by atoms with Crippen LogP contribution in [0.25, 0.3) is 0 Å². The second kappa shape index (κ2) is 6.27. The van der Waals surface area contributed by atoms with Crippen LogP contribution >= 0.6 is 0 Å². The van der Waals surface area contributed by atoms with Gasteiger partial charge in [0, 0.05) is 24.3 Å². The maximum absolute atomic E-state index is 10.1. The fourth-order valence-corrected chi connectivity index (χ4v) is 3.39. The number of methoxy groups -OCH3 is 1. The number of aliphatic hydroxyl groups excluding tert-OH is 1. The highest BCUT2D eigenvalue weighted by Gasteiger charge is 2.30. The van der Waals surface area contributed by atoms with Crippen molar-refractivity contribution in [2.24, 2.45) is 11.3 Å². The largest absolute Gasteiger partial charge is 0.496 e. The van der Waals surface area contributed by atoms with Crippen LogP contribution in [-0.2, 0) is 0 Å². The molecule has 0 aliphatic carbocycles. The Morgan fingerprint density at radius 2 is 1.86 bits per heavy atom. The first kappa shape index (κ1) is 16.2. The zero-order valence-corrected chi connectivity index (χ0v) is 14.0. The third-order valence-electron chi connectivity index (χ3n) is 4.74. The topological polar surface area (TPSA) is 32.7 Å². The lowest BCUT2D eigenvalue weighted by molar-refractivity contribution is 0.190. The van der Waals surface area contributed by atoms with Crippen molar-refractivity contribution in [2.75, 3.05) is 25.1 Å². The molecular weight excluding hydrogens is 262 g/mol. The number of hydrogen-bond acceptors (Lipinski definition) is 3. The van der Waals surface area contributed by atoms with Gasteiger partial charge >= 0.3 is 0 Å². The molecule has 0 unspecified atom stereocenters. The standard InChI is InChI=1S/C18H29NO2/c1-13(20)17-15(7-6-8-16(17)21-5)19-11-9-14(10-12-19)18(2,3)4/h6-8,13-14,20H,9-12H2,1-5H3/t13-/m0/s1. The number of benzene rings is 1. The molecule has 118 valence electrons. The Kier molecular flexibility index (Phi) is 4.82. The summed E-state index contributed by atoms with van der Waals surface area (Å²) in [4.78, 5) is 2.40. The van der Waals surface area contributed by atoms with Gasteiger partial charge in [0.05, 0.1) is 13.2 Å². The number of rotatable bonds is 3. The van der Waals surface area contributed by atoms with Gasteiger partial charge in [0.25, 0.3) is 0 Å². The number of aliphatic hydroxyl groups is 1. The Labute approximate surface area is 128 Å². The van der Waals surface area contributed by atoms with E-state index in [0.717, 1.165) is 36.0 Å². The Morgan fingerprint density at radius 3 is 2.33 bits per heavy atom. The molecular formula is C18H29NO2. The fraction of sp³-hybridized carbons (Fsp3) is 0.667. The van der Waals surface area contributed by atoms with E-state index in [9.17, 15) is 5.11 Å². The molecule has 0 spiro atoms. The summed E-state index contributed by atoms with van der Waals surface area (Å²) in [5, 5.41) is 10.1. The predicted octanol–water partition coefficient (Wildman–Crippen LogP) is 4.01. The lowest BCUT2D eigenvalue weighted by atomic mass is 9.75. The molecule has 1 N–H and O–H groups in total. The van der Waals surface area contributed by atoms with Crippen molar-refractivity contribution in [2.45, 2.75) is 46.6 Å². The minimum absolute atomic E-state index is 0.383. The molecule has 0 amide bonds. The van der Waals surface area contributed by atoms with E-state index in [1.54, 1.807) is 7.11 Å². The molecule has 2 rings (SSSR count). The first-order valence-corrected chi connectivity index (χ1v) is 7.94. The summed E-state index contributed by atoms with van der Waals surface area (Å²) in [6.07, 6.45) is 1.90. The molecule has 1 aliphatic rings. The second-order valence-electron chi connectivity index (χ2n) is 7.20. The smallest absolute Gasteiger partial charge is 0.126 e. The summed E-state index contributed by atoms with van der Waals surface area (Å²) >= 11 is 0. The Bertz CT molecular complexity index is 469. The van der Waals surface area contributed by atoms with Crippen LogP contribution in [0.4, 0.5) is 5.69 Å². The van der Waals surface area contributed by atoms with E-state index in [2.05, 4.69) is 31.7 Å². The van der Waals surface area contributed by atoms with Crippen LogP contribution in [0.5, 0.6) is 5.75 Å². The monoisotopic (exact) mass is 291 g/mol. The average molecular weight is 291 g/mol. The number of piperidine rings is 1. The predicted molar refractivity (Wildman–Crippen MR) is 88.0 cm³/mol. The Hall–Kier alpha value is -1.22. The molecule has 3 nitrogen and oxygen atoms in total. The molecule has 21 heavy (non-hydrogen) atoms. The van der Waals surface area contributed by atoms with E-state index in [0.29, 0.717) is 5.41 Å². The maximum Gasteiger partial charge on any atom is 0.126 e. The van der Waals surface area contributed by atoms with Crippen LogP contribution in [-0.4, -0.2) is 25.3 Å². The van der Waals surface area contributed by atoms with Gasteiger partial charge in [-0.15, -0.1) is 0 Å². The van der Waals surface area contributed by atoms with Gasteiger partial charge < -0.3 is 14.7 Å². The van der Waals surface area contributed by atoms with Gasteiger partial charge in [-0.3, -0.25) is 0 Å². The van der Waals surface area contributed by atoms with Gasteiger partial charge in [0.15, 0.2) is 0 Å². The molecule has 1 fully saturated rings. The first-order chi connectivity index (χ1) is 9.84. The molecule has 1 heterocycles. The van der Waals surface area contributed by atoms with Gasteiger partial charge in [0.1, 0.15) is 5.75 Å². The summed E-state index contributed by atoms with van der Waals surface area (Å²) in [7, 11) is 1.66. The van der Waals surface area contributed by atoms with Crippen LogP contribution in [0.1, 0.15) is 52.2 Å². The number of hydrogen-bond donors (Lipinski definition) is 1. The molecule has 0 aromatic heterocycles. The lowest BCUT2D eigenvalue weighted by Crippen LogP contribution is -2.38. The quantitative estimate of drug-likeness (QED) is 0.913. The van der Waals surface area contributed by atoms with Gasteiger partial charge in [-0.2, -0.15) is 0 Å². The second-order valence-corrected chi connectivity index (χ2v) is 7.20. The van der Waals surface area contributed by atoms with Gasteiger partial charge in [-0.05, 0) is 43.2 Å². The van der Waals surface area contributed by atoms with E-state index in [1.807, 2.05) is 19.1 Å². The molecule has 1 aromatic carbocycles. The van der Waals surface area contributed by atoms with E-state index >= 15 is 0 Å². The van der Waals surface area contributed by atoms with Crippen molar-refractivity contribution in [1.82, 2.24) is 0 Å².